The lowest BCUT2D eigenvalue weighted by Crippen LogP contribution is -2.33. The fourth-order valence-electron chi connectivity index (χ4n) is 3.58. The molecule has 1 fully saturated rings. The molecular weight excluding hydrogens is 396 g/mol. The predicted octanol–water partition coefficient (Wildman–Crippen LogP) is 3.74. The Morgan fingerprint density at radius 2 is 2.10 bits per heavy atom. The zero-order valence-electron chi connectivity index (χ0n) is 17.1. The molecule has 0 unspecified atom stereocenters. The molecule has 8 nitrogen and oxygen atoms in total. The summed E-state index contributed by atoms with van der Waals surface area (Å²) in [5, 5.41) is 15.2. The lowest BCUT2D eigenvalue weighted by molar-refractivity contribution is 0.137. The molecule has 4 heterocycles. The molecule has 0 spiro atoms. The Labute approximate surface area is 180 Å². The van der Waals surface area contributed by atoms with Crippen molar-refractivity contribution in [2.45, 2.75) is 31.8 Å². The van der Waals surface area contributed by atoms with Gasteiger partial charge in [0.2, 0.25) is 5.95 Å². The zero-order chi connectivity index (χ0) is 20.9. The van der Waals surface area contributed by atoms with E-state index in [1.165, 1.54) is 12.8 Å². The highest BCUT2D eigenvalue weighted by Gasteiger charge is 2.26. The highest BCUT2D eigenvalue weighted by atomic mass is 32.1. The lowest BCUT2D eigenvalue weighted by atomic mass is 9.99. The van der Waals surface area contributed by atoms with Crippen LogP contribution in [-0.2, 0) is 6.54 Å². The van der Waals surface area contributed by atoms with Gasteiger partial charge in [-0.3, -0.25) is 4.90 Å². The second-order valence-electron chi connectivity index (χ2n) is 7.51. The number of piperidine rings is 1. The van der Waals surface area contributed by atoms with Gasteiger partial charge in [0.25, 0.3) is 0 Å². The minimum Gasteiger partial charge on any atom is -0.347 e. The van der Waals surface area contributed by atoms with E-state index in [1.54, 1.807) is 29.7 Å². The maximum atomic E-state index is 9.06. The van der Waals surface area contributed by atoms with Crippen molar-refractivity contribution in [1.29, 1.82) is 5.26 Å². The van der Waals surface area contributed by atoms with E-state index in [-0.39, 0.29) is 6.04 Å². The Morgan fingerprint density at radius 3 is 2.87 bits per heavy atom. The summed E-state index contributed by atoms with van der Waals surface area (Å²) in [7, 11) is 3.88. The summed E-state index contributed by atoms with van der Waals surface area (Å²) in [6.07, 6.45) is 8.92. The third-order valence-electron chi connectivity index (χ3n) is 5.08. The molecule has 1 N–H and O–H groups in total. The Hall–Kier alpha value is -3.09. The minimum absolute atomic E-state index is 0.275. The molecule has 0 bridgehead atoms. The molecule has 0 aromatic carbocycles. The van der Waals surface area contributed by atoms with Crippen LogP contribution >= 0.6 is 11.3 Å². The third-order valence-corrected chi connectivity index (χ3v) is 5.85. The van der Waals surface area contributed by atoms with Crippen molar-refractivity contribution in [2.24, 2.45) is 0 Å². The highest BCUT2D eigenvalue weighted by Crippen LogP contribution is 2.34. The van der Waals surface area contributed by atoms with Crippen molar-refractivity contribution in [1.82, 2.24) is 24.8 Å². The fraction of sp³-hybridized carbons (Fsp3) is 0.381. The number of nitriles is 1. The van der Waals surface area contributed by atoms with Gasteiger partial charge in [-0.25, -0.2) is 19.9 Å². The molecule has 1 aliphatic heterocycles. The average Bonchev–Trinajstić information content (AvgIpc) is 3.23. The lowest BCUT2D eigenvalue weighted by Gasteiger charge is -2.34. The first-order chi connectivity index (χ1) is 14.6. The highest BCUT2D eigenvalue weighted by molar-refractivity contribution is 7.13. The first kappa shape index (κ1) is 20.2. The van der Waals surface area contributed by atoms with Crippen molar-refractivity contribution in [3.8, 4) is 6.07 Å². The standard InChI is InChI=1S/C21H24N8S/c1-28(2)20-24-11-16(12-25-20)13-29-8-4-3-5-18(29)17-14-30-21(26-17)27-19-9-15(10-22)6-7-23-19/h6-7,9,11-12,14,18H,3-5,8,13H2,1-2H3,(H,23,26,27)/t18-/m0/s1. The number of nitrogens with one attached hydrogen (secondary N) is 1. The summed E-state index contributed by atoms with van der Waals surface area (Å²) in [6, 6.07) is 5.82. The number of nitrogens with zero attached hydrogens (tertiary/aromatic N) is 7. The fourth-order valence-corrected chi connectivity index (χ4v) is 4.35. The van der Waals surface area contributed by atoms with Gasteiger partial charge in [-0.05, 0) is 31.5 Å². The molecule has 0 saturated carbocycles. The van der Waals surface area contributed by atoms with Crippen molar-refractivity contribution < 1.29 is 0 Å². The molecule has 154 valence electrons. The number of pyridine rings is 1. The maximum Gasteiger partial charge on any atom is 0.224 e. The largest absolute Gasteiger partial charge is 0.347 e. The zero-order valence-corrected chi connectivity index (χ0v) is 17.9. The van der Waals surface area contributed by atoms with Gasteiger partial charge >= 0.3 is 0 Å². The second kappa shape index (κ2) is 9.15. The van der Waals surface area contributed by atoms with E-state index in [9.17, 15) is 0 Å². The molecular formula is C21H24N8S. The van der Waals surface area contributed by atoms with Crippen LogP contribution in [0.5, 0.6) is 0 Å². The van der Waals surface area contributed by atoms with Gasteiger partial charge in [0.1, 0.15) is 5.82 Å². The normalized spacial score (nSPS) is 16.8. The van der Waals surface area contributed by atoms with Gasteiger partial charge in [-0.1, -0.05) is 6.42 Å². The first-order valence-electron chi connectivity index (χ1n) is 9.93. The monoisotopic (exact) mass is 420 g/mol. The van der Waals surface area contributed by atoms with E-state index in [4.69, 9.17) is 10.2 Å². The molecule has 0 aliphatic carbocycles. The summed E-state index contributed by atoms with van der Waals surface area (Å²) >= 11 is 1.56. The summed E-state index contributed by atoms with van der Waals surface area (Å²) in [5.41, 5.74) is 2.76. The Bertz CT molecular complexity index is 1020. The molecule has 4 rings (SSSR count). The van der Waals surface area contributed by atoms with Crippen LogP contribution in [0.25, 0.3) is 0 Å². The molecule has 1 saturated heterocycles. The van der Waals surface area contributed by atoms with Crippen molar-refractivity contribution in [3.63, 3.8) is 0 Å². The van der Waals surface area contributed by atoms with Crippen LogP contribution in [0.4, 0.5) is 16.9 Å². The van der Waals surface area contributed by atoms with Crippen LogP contribution in [-0.4, -0.2) is 45.5 Å². The van der Waals surface area contributed by atoms with Crippen LogP contribution in [0.3, 0.4) is 0 Å². The number of likely N-dealkylation sites (tertiary alicyclic amines) is 1. The number of hydrogen-bond donors (Lipinski definition) is 1. The SMILES string of the molecule is CN(C)c1ncc(CN2CCCC[C@H]2c2csc(Nc3cc(C#N)ccn3)n2)cn1. The Morgan fingerprint density at radius 1 is 1.27 bits per heavy atom. The maximum absolute atomic E-state index is 9.06. The van der Waals surface area contributed by atoms with Gasteiger partial charge in [-0.15, -0.1) is 11.3 Å². The Balaban J connectivity index is 1.47. The van der Waals surface area contributed by atoms with Crippen LogP contribution < -0.4 is 10.2 Å². The number of thiazole rings is 1. The topological polar surface area (TPSA) is 93.9 Å². The van der Waals surface area contributed by atoms with Gasteiger partial charge in [-0.2, -0.15) is 5.26 Å². The van der Waals surface area contributed by atoms with Gasteiger partial charge in [0, 0.05) is 50.2 Å². The summed E-state index contributed by atoms with van der Waals surface area (Å²) < 4.78 is 0. The molecule has 30 heavy (non-hydrogen) atoms. The van der Waals surface area contributed by atoms with E-state index in [0.717, 1.165) is 41.8 Å². The minimum atomic E-state index is 0.275. The summed E-state index contributed by atoms with van der Waals surface area (Å²) in [5.74, 6) is 1.35. The first-order valence-corrected chi connectivity index (χ1v) is 10.8. The second-order valence-corrected chi connectivity index (χ2v) is 8.37. The average molecular weight is 421 g/mol. The van der Waals surface area contributed by atoms with Gasteiger partial charge < -0.3 is 10.2 Å². The number of rotatable bonds is 6. The van der Waals surface area contributed by atoms with Crippen LogP contribution in [0.1, 0.15) is 42.1 Å². The summed E-state index contributed by atoms with van der Waals surface area (Å²) in [4.78, 5) is 22.3. The van der Waals surface area contributed by atoms with Crippen molar-refractivity contribution in [3.05, 3.63) is 52.9 Å². The van der Waals surface area contributed by atoms with E-state index in [0.29, 0.717) is 11.4 Å². The molecule has 9 heteroatoms. The smallest absolute Gasteiger partial charge is 0.224 e. The van der Waals surface area contributed by atoms with Gasteiger partial charge in [0.15, 0.2) is 5.13 Å². The number of hydrogen-bond acceptors (Lipinski definition) is 9. The molecule has 0 radical (unpaired) electrons. The van der Waals surface area contributed by atoms with E-state index in [2.05, 4.69) is 36.6 Å². The predicted molar refractivity (Wildman–Crippen MR) is 118 cm³/mol. The van der Waals surface area contributed by atoms with Gasteiger partial charge in [0.05, 0.1) is 23.4 Å². The molecule has 3 aromatic rings. The Kier molecular flexibility index (Phi) is 6.16. The van der Waals surface area contributed by atoms with Crippen molar-refractivity contribution in [2.75, 3.05) is 30.9 Å². The van der Waals surface area contributed by atoms with E-state index in [1.807, 2.05) is 31.4 Å². The van der Waals surface area contributed by atoms with Crippen molar-refractivity contribution >= 4 is 28.2 Å². The van der Waals surface area contributed by atoms with E-state index >= 15 is 0 Å². The van der Waals surface area contributed by atoms with Crippen LogP contribution in [0.2, 0.25) is 0 Å². The molecule has 3 aromatic heterocycles. The van der Waals surface area contributed by atoms with E-state index < -0.39 is 0 Å². The molecule has 1 atom stereocenters. The van der Waals surface area contributed by atoms with Crippen LogP contribution in [0.15, 0.2) is 36.1 Å². The summed E-state index contributed by atoms with van der Waals surface area (Å²) in [6.45, 7) is 1.84. The molecule has 1 aliphatic rings. The number of anilines is 3. The third kappa shape index (κ3) is 4.72. The quantitative estimate of drug-likeness (QED) is 0.645. The molecule has 0 amide bonds. The number of aromatic nitrogens is 4. The van der Waals surface area contributed by atoms with Crippen LogP contribution in [0, 0.1) is 11.3 Å².